The van der Waals surface area contributed by atoms with Gasteiger partial charge in [-0.15, -0.1) is 0 Å². The van der Waals surface area contributed by atoms with Gasteiger partial charge in [-0.05, 0) is 43.0 Å². The topological polar surface area (TPSA) is 122 Å². The average Bonchev–Trinajstić information content (AvgIpc) is 2.67. The highest BCUT2D eigenvalue weighted by Crippen LogP contribution is 2.36. The van der Waals surface area contributed by atoms with E-state index in [2.05, 4.69) is 39.2 Å². The lowest BCUT2D eigenvalue weighted by Gasteiger charge is -2.36. The van der Waals surface area contributed by atoms with Gasteiger partial charge in [0.25, 0.3) is 0 Å². The van der Waals surface area contributed by atoms with Crippen LogP contribution in [0.2, 0.25) is 18.1 Å². The molecule has 0 aliphatic heterocycles. The van der Waals surface area contributed by atoms with Crippen molar-refractivity contribution in [1.29, 1.82) is 0 Å². The number of nitrogens with one attached hydrogen (secondary N) is 1. The Kier molecular flexibility index (Phi) is 10.2. The zero-order chi connectivity index (χ0) is 23.7. The smallest absolute Gasteiger partial charge is 0.408 e. The first-order valence-corrected chi connectivity index (χ1v) is 13.3. The lowest BCUT2D eigenvalue weighted by molar-refractivity contribution is -0.144. The number of ether oxygens (including phenoxy) is 1. The summed E-state index contributed by atoms with van der Waals surface area (Å²) in [6, 6.07) is 7.60. The number of amides is 1. The van der Waals surface area contributed by atoms with E-state index in [9.17, 15) is 24.6 Å². The second kappa shape index (κ2) is 11.9. The second-order valence-electron chi connectivity index (χ2n) is 9.12. The minimum absolute atomic E-state index is 0.00778. The molecule has 1 amide bonds. The normalized spacial score (nSPS) is 13.8. The van der Waals surface area contributed by atoms with Crippen LogP contribution < -0.4 is 5.32 Å². The molecule has 0 radical (unpaired) electrons. The van der Waals surface area contributed by atoms with E-state index in [4.69, 9.17) is 9.16 Å². The van der Waals surface area contributed by atoms with E-state index in [1.165, 1.54) is 0 Å². The molecule has 3 N–H and O–H groups in total. The summed E-state index contributed by atoms with van der Waals surface area (Å²) in [7, 11) is -1.93. The summed E-state index contributed by atoms with van der Waals surface area (Å²) in [6.45, 7) is 11.0. The SMILES string of the molecule is CC(C)(C)[Si](C)(C)OCCC[C@@H](C[C@@H](NC(=O)OCc1ccccc1)C(=O)O)C(=O)O. The van der Waals surface area contributed by atoms with Crippen molar-refractivity contribution in [2.45, 2.75) is 70.8 Å². The Morgan fingerprint density at radius 2 is 1.68 bits per heavy atom. The first-order chi connectivity index (χ1) is 14.3. The van der Waals surface area contributed by atoms with E-state index in [0.29, 0.717) is 13.0 Å². The molecule has 174 valence electrons. The maximum atomic E-state index is 12.0. The summed E-state index contributed by atoms with van der Waals surface area (Å²) in [5, 5.41) is 21.2. The van der Waals surface area contributed by atoms with Crippen molar-refractivity contribution in [2.24, 2.45) is 5.92 Å². The zero-order valence-corrected chi connectivity index (χ0v) is 20.0. The van der Waals surface area contributed by atoms with Gasteiger partial charge in [-0.3, -0.25) is 4.79 Å². The molecule has 0 aliphatic rings. The van der Waals surface area contributed by atoms with E-state index >= 15 is 0 Å². The largest absolute Gasteiger partial charge is 0.481 e. The number of carboxylic acid groups (broad SMARTS) is 2. The highest BCUT2D eigenvalue weighted by Gasteiger charge is 2.37. The van der Waals surface area contributed by atoms with Crippen LogP contribution in [0.25, 0.3) is 0 Å². The van der Waals surface area contributed by atoms with E-state index in [1.807, 2.05) is 6.07 Å². The second-order valence-corrected chi connectivity index (χ2v) is 13.9. The van der Waals surface area contributed by atoms with Crippen LogP contribution in [0.5, 0.6) is 0 Å². The fourth-order valence-corrected chi connectivity index (χ4v) is 3.72. The Balaban J connectivity index is 2.56. The fourth-order valence-electron chi connectivity index (χ4n) is 2.63. The van der Waals surface area contributed by atoms with Crippen LogP contribution >= 0.6 is 0 Å². The van der Waals surface area contributed by atoms with E-state index in [-0.39, 0.29) is 24.5 Å². The predicted molar refractivity (Wildman–Crippen MR) is 119 cm³/mol. The van der Waals surface area contributed by atoms with Gasteiger partial charge < -0.3 is 24.7 Å². The van der Waals surface area contributed by atoms with Crippen molar-refractivity contribution in [3.63, 3.8) is 0 Å². The van der Waals surface area contributed by atoms with E-state index in [1.54, 1.807) is 24.3 Å². The average molecular weight is 454 g/mol. The van der Waals surface area contributed by atoms with E-state index in [0.717, 1.165) is 5.56 Å². The summed E-state index contributed by atoms with van der Waals surface area (Å²) in [5.74, 6) is -3.32. The van der Waals surface area contributed by atoms with Crippen molar-refractivity contribution in [1.82, 2.24) is 5.32 Å². The highest BCUT2D eigenvalue weighted by atomic mass is 28.4. The van der Waals surface area contributed by atoms with Crippen LogP contribution in [0.4, 0.5) is 4.79 Å². The third-order valence-corrected chi connectivity index (χ3v) is 10.2. The van der Waals surface area contributed by atoms with Crippen LogP contribution in [0, 0.1) is 5.92 Å². The Morgan fingerprint density at radius 3 is 2.19 bits per heavy atom. The first kappa shape index (κ1) is 26.6. The fraction of sp³-hybridized carbons (Fsp3) is 0.591. The molecule has 0 saturated carbocycles. The minimum atomic E-state index is -1.93. The lowest BCUT2D eigenvalue weighted by Crippen LogP contribution is -2.43. The van der Waals surface area contributed by atoms with Crippen LogP contribution in [0.3, 0.4) is 0 Å². The van der Waals surface area contributed by atoms with Crippen molar-refractivity contribution >= 4 is 26.3 Å². The number of carboxylic acids is 2. The molecule has 1 aromatic rings. The lowest BCUT2D eigenvalue weighted by atomic mass is 9.95. The highest BCUT2D eigenvalue weighted by molar-refractivity contribution is 6.74. The molecule has 2 atom stereocenters. The molecule has 0 aliphatic carbocycles. The van der Waals surface area contributed by atoms with E-state index < -0.39 is 38.3 Å². The molecule has 8 nitrogen and oxygen atoms in total. The quantitative estimate of drug-likeness (QED) is 0.319. The number of benzene rings is 1. The Hall–Kier alpha value is -2.39. The summed E-state index contributed by atoms with van der Waals surface area (Å²) in [4.78, 5) is 35.2. The molecule has 1 aromatic carbocycles. The van der Waals surface area contributed by atoms with Gasteiger partial charge in [-0.25, -0.2) is 9.59 Å². The first-order valence-electron chi connectivity index (χ1n) is 10.4. The van der Waals surface area contributed by atoms with Gasteiger partial charge in [0.05, 0.1) is 5.92 Å². The summed E-state index contributed by atoms with van der Waals surface area (Å²) < 4.78 is 11.1. The molecule has 0 heterocycles. The predicted octanol–water partition coefficient (Wildman–Crippen LogP) is 4.26. The maximum absolute atomic E-state index is 12.0. The Morgan fingerprint density at radius 1 is 1.06 bits per heavy atom. The Bertz CT molecular complexity index is 731. The minimum Gasteiger partial charge on any atom is -0.481 e. The summed E-state index contributed by atoms with van der Waals surface area (Å²) in [5.41, 5.74) is 0.759. The van der Waals surface area contributed by atoms with Gasteiger partial charge in [0.15, 0.2) is 8.32 Å². The van der Waals surface area contributed by atoms with Gasteiger partial charge in [0.2, 0.25) is 0 Å². The molecule has 9 heteroatoms. The number of aliphatic carboxylic acids is 2. The number of carbonyl (C=O) groups excluding carboxylic acids is 1. The molecule has 0 bridgehead atoms. The standard InChI is InChI=1S/C22H35NO7Si/c1-22(2,3)31(4,5)30-13-9-12-17(19(24)25)14-18(20(26)27)23-21(28)29-15-16-10-7-6-8-11-16/h6-8,10-11,17-18H,9,12-15H2,1-5H3,(H,23,28)(H,24,25)(H,26,27)/t17-,18+/m0/s1. The van der Waals surface area contributed by atoms with Crippen LogP contribution in [0.15, 0.2) is 30.3 Å². The third kappa shape index (κ3) is 9.52. The van der Waals surface area contributed by atoms with Gasteiger partial charge >= 0.3 is 18.0 Å². The van der Waals surface area contributed by atoms with Gasteiger partial charge in [-0.1, -0.05) is 51.1 Å². The molecule has 31 heavy (non-hydrogen) atoms. The molecule has 0 spiro atoms. The molecular formula is C22H35NO7Si. The van der Waals surface area contributed by atoms with Crippen molar-refractivity contribution in [2.75, 3.05) is 6.61 Å². The summed E-state index contributed by atoms with van der Waals surface area (Å²) in [6.07, 6.45) is -0.379. The van der Waals surface area contributed by atoms with Gasteiger partial charge in [0.1, 0.15) is 12.6 Å². The van der Waals surface area contributed by atoms with Gasteiger partial charge in [-0.2, -0.15) is 0 Å². The summed E-state index contributed by atoms with van der Waals surface area (Å²) >= 11 is 0. The van der Waals surface area contributed by atoms with Crippen molar-refractivity contribution in [3.8, 4) is 0 Å². The molecule has 0 fully saturated rings. The van der Waals surface area contributed by atoms with Crippen LogP contribution in [-0.2, 0) is 25.4 Å². The number of carbonyl (C=O) groups is 3. The molecule has 0 aromatic heterocycles. The van der Waals surface area contributed by atoms with Crippen LogP contribution in [-0.4, -0.2) is 49.2 Å². The molecular weight excluding hydrogens is 418 g/mol. The van der Waals surface area contributed by atoms with Crippen LogP contribution in [0.1, 0.15) is 45.6 Å². The number of hydrogen-bond donors (Lipinski definition) is 3. The van der Waals surface area contributed by atoms with Gasteiger partial charge in [0, 0.05) is 6.61 Å². The number of alkyl carbamates (subject to hydrolysis) is 1. The monoisotopic (exact) mass is 453 g/mol. The molecule has 0 unspecified atom stereocenters. The zero-order valence-electron chi connectivity index (χ0n) is 19.0. The molecule has 1 rings (SSSR count). The maximum Gasteiger partial charge on any atom is 0.408 e. The third-order valence-electron chi connectivity index (χ3n) is 5.64. The van der Waals surface area contributed by atoms with Crippen molar-refractivity contribution in [3.05, 3.63) is 35.9 Å². The number of rotatable bonds is 12. The Labute approximate surface area is 185 Å². The van der Waals surface area contributed by atoms with Crippen molar-refractivity contribution < 1.29 is 33.8 Å². The number of hydrogen-bond acceptors (Lipinski definition) is 5. The molecule has 0 saturated heterocycles.